The standard InChI is InChI=1S/C28H33FN4O4S/c1-4-22-12-13-25(20-8-6-5-7-9-20)38(36,37)33(22)19-21-10-11-23(18-24(21)29)32-16-14-28(15-17-32)26(34)30(2)27(35)31(28)3/h4-11,18,22,25H,1,12-17,19H2,2-3H3/t22-,25+/m0/s1. The average molecular weight is 541 g/mol. The molecule has 2 atom stereocenters. The zero-order chi connectivity index (χ0) is 27.2. The van der Waals surface area contributed by atoms with Crippen molar-refractivity contribution in [3.05, 3.63) is 78.1 Å². The molecule has 1 spiro atoms. The van der Waals surface area contributed by atoms with E-state index in [1.54, 1.807) is 25.3 Å². The van der Waals surface area contributed by atoms with Gasteiger partial charge in [-0.05, 0) is 43.4 Å². The van der Waals surface area contributed by atoms with E-state index in [4.69, 9.17) is 0 Å². The Morgan fingerprint density at radius 1 is 1.05 bits per heavy atom. The number of anilines is 1. The first-order valence-corrected chi connectivity index (χ1v) is 14.4. The number of carbonyl (C=O) groups excluding carboxylic acids is 2. The Morgan fingerprint density at radius 2 is 1.74 bits per heavy atom. The molecule has 0 unspecified atom stereocenters. The van der Waals surface area contributed by atoms with E-state index >= 15 is 4.39 Å². The van der Waals surface area contributed by atoms with Crippen LogP contribution in [0.3, 0.4) is 0 Å². The molecule has 3 aliphatic heterocycles. The second-order valence-electron chi connectivity index (χ2n) is 10.4. The number of amides is 3. The van der Waals surface area contributed by atoms with Crippen LogP contribution in [0.5, 0.6) is 0 Å². The SMILES string of the molecule is C=C[C@H]1CC[C@H](c2ccccc2)S(=O)(=O)N1Cc1ccc(N2CCC3(CC2)C(=O)N(C)C(=O)N3C)cc1F. The minimum absolute atomic E-state index is 0.0781. The molecule has 5 rings (SSSR count). The zero-order valence-corrected chi connectivity index (χ0v) is 22.5. The fourth-order valence-corrected chi connectivity index (χ4v) is 8.23. The molecule has 3 amide bonds. The van der Waals surface area contributed by atoms with Crippen molar-refractivity contribution in [2.75, 3.05) is 32.1 Å². The summed E-state index contributed by atoms with van der Waals surface area (Å²) in [6.07, 6.45) is 3.63. The Bertz CT molecular complexity index is 1360. The molecule has 38 heavy (non-hydrogen) atoms. The number of nitrogens with zero attached hydrogens (tertiary/aromatic N) is 4. The van der Waals surface area contributed by atoms with Gasteiger partial charge in [0.05, 0.1) is 0 Å². The summed E-state index contributed by atoms with van der Waals surface area (Å²) in [5.41, 5.74) is 0.846. The van der Waals surface area contributed by atoms with E-state index in [0.717, 1.165) is 10.5 Å². The molecule has 3 heterocycles. The molecular weight excluding hydrogens is 507 g/mol. The largest absolute Gasteiger partial charge is 0.371 e. The Labute approximate surface area is 223 Å². The van der Waals surface area contributed by atoms with E-state index in [1.807, 2.05) is 35.2 Å². The van der Waals surface area contributed by atoms with Crippen molar-refractivity contribution in [3.8, 4) is 0 Å². The molecule has 3 saturated heterocycles. The summed E-state index contributed by atoms with van der Waals surface area (Å²) in [6.45, 7) is 4.74. The summed E-state index contributed by atoms with van der Waals surface area (Å²) in [4.78, 5) is 29.8. The number of benzene rings is 2. The van der Waals surface area contributed by atoms with E-state index < -0.39 is 32.7 Å². The highest BCUT2D eigenvalue weighted by atomic mass is 32.2. The number of carbonyl (C=O) groups is 2. The molecule has 2 aromatic carbocycles. The van der Waals surface area contributed by atoms with Crippen LogP contribution in [0.2, 0.25) is 0 Å². The molecule has 10 heteroatoms. The van der Waals surface area contributed by atoms with E-state index in [-0.39, 0.29) is 18.5 Å². The van der Waals surface area contributed by atoms with Crippen LogP contribution in [0, 0.1) is 5.82 Å². The van der Waals surface area contributed by atoms with Gasteiger partial charge in [0.2, 0.25) is 10.0 Å². The maximum atomic E-state index is 15.4. The second-order valence-corrected chi connectivity index (χ2v) is 12.4. The van der Waals surface area contributed by atoms with Gasteiger partial charge in [0.25, 0.3) is 5.91 Å². The van der Waals surface area contributed by atoms with Crippen molar-refractivity contribution in [3.63, 3.8) is 0 Å². The number of imide groups is 1. The van der Waals surface area contributed by atoms with Crippen LogP contribution in [0.25, 0.3) is 0 Å². The number of urea groups is 1. The number of hydrogen-bond acceptors (Lipinski definition) is 5. The van der Waals surface area contributed by atoms with E-state index in [2.05, 4.69) is 6.58 Å². The lowest BCUT2D eigenvalue weighted by Crippen LogP contribution is -2.55. The average Bonchev–Trinajstić information content (AvgIpc) is 3.07. The molecule has 2 aromatic rings. The van der Waals surface area contributed by atoms with E-state index in [1.165, 1.54) is 22.3 Å². The molecule has 0 N–H and O–H groups in total. The molecule has 0 radical (unpaired) electrons. The first kappa shape index (κ1) is 26.4. The third kappa shape index (κ3) is 4.19. The molecule has 3 fully saturated rings. The lowest BCUT2D eigenvalue weighted by molar-refractivity contribution is -0.133. The van der Waals surface area contributed by atoms with E-state index in [0.29, 0.717) is 50.0 Å². The van der Waals surface area contributed by atoms with E-state index in [9.17, 15) is 18.0 Å². The van der Waals surface area contributed by atoms with Crippen LogP contribution < -0.4 is 4.90 Å². The summed E-state index contributed by atoms with van der Waals surface area (Å²) in [6, 6.07) is 13.3. The third-order valence-corrected chi connectivity index (χ3v) is 10.7. The van der Waals surface area contributed by atoms with Gasteiger partial charge >= 0.3 is 6.03 Å². The highest BCUT2D eigenvalue weighted by molar-refractivity contribution is 7.89. The fraction of sp³-hybridized carbons (Fsp3) is 0.429. The van der Waals surface area contributed by atoms with Gasteiger partial charge in [-0.25, -0.2) is 17.6 Å². The smallest absolute Gasteiger partial charge is 0.327 e. The van der Waals surface area contributed by atoms with Crippen molar-refractivity contribution >= 4 is 27.6 Å². The summed E-state index contributed by atoms with van der Waals surface area (Å²) >= 11 is 0. The van der Waals surface area contributed by atoms with Gasteiger partial charge in [-0.3, -0.25) is 9.69 Å². The fourth-order valence-electron chi connectivity index (χ4n) is 6.08. The quantitative estimate of drug-likeness (QED) is 0.424. The van der Waals surface area contributed by atoms with Gasteiger partial charge in [-0.2, -0.15) is 4.31 Å². The number of piperidine rings is 1. The van der Waals surface area contributed by atoms with Crippen molar-refractivity contribution in [1.82, 2.24) is 14.1 Å². The van der Waals surface area contributed by atoms with Gasteiger partial charge in [-0.15, -0.1) is 6.58 Å². The topological polar surface area (TPSA) is 81.2 Å². The van der Waals surface area contributed by atoms with Crippen molar-refractivity contribution in [2.24, 2.45) is 0 Å². The highest BCUT2D eigenvalue weighted by Gasteiger charge is 2.55. The number of rotatable bonds is 5. The minimum Gasteiger partial charge on any atom is -0.371 e. The van der Waals surface area contributed by atoms with Crippen LogP contribution in [0.15, 0.2) is 61.2 Å². The second kappa shape index (κ2) is 9.81. The van der Waals surface area contributed by atoms with Gasteiger partial charge in [0.1, 0.15) is 16.6 Å². The molecule has 8 nitrogen and oxygen atoms in total. The minimum atomic E-state index is -3.74. The molecule has 0 aromatic heterocycles. The van der Waals surface area contributed by atoms with Gasteiger partial charge < -0.3 is 9.80 Å². The Balaban J connectivity index is 1.33. The maximum Gasteiger partial charge on any atom is 0.327 e. The molecule has 0 aliphatic carbocycles. The lowest BCUT2D eigenvalue weighted by Gasteiger charge is -2.41. The summed E-state index contributed by atoms with van der Waals surface area (Å²) < 4.78 is 44.0. The normalized spacial score (nSPS) is 25.3. The third-order valence-electron chi connectivity index (χ3n) is 8.46. The van der Waals surface area contributed by atoms with Crippen molar-refractivity contribution < 1.29 is 22.4 Å². The molecule has 0 bridgehead atoms. The van der Waals surface area contributed by atoms with Crippen LogP contribution >= 0.6 is 0 Å². The summed E-state index contributed by atoms with van der Waals surface area (Å²) in [5.74, 6) is -0.675. The Morgan fingerprint density at radius 3 is 2.32 bits per heavy atom. The van der Waals surface area contributed by atoms with Gasteiger partial charge in [0.15, 0.2) is 0 Å². The van der Waals surface area contributed by atoms with Crippen molar-refractivity contribution in [1.29, 1.82) is 0 Å². The molecular formula is C28H33FN4O4S. The highest BCUT2D eigenvalue weighted by Crippen LogP contribution is 2.40. The first-order chi connectivity index (χ1) is 18.1. The summed E-state index contributed by atoms with van der Waals surface area (Å²) in [5, 5.41) is -0.676. The van der Waals surface area contributed by atoms with Crippen molar-refractivity contribution in [2.45, 2.75) is 49.1 Å². The molecule has 202 valence electrons. The zero-order valence-electron chi connectivity index (χ0n) is 21.7. The Kier molecular flexibility index (Phi) is 6.81. The monoisotopic (exact) mass is 540 g/mol. The number of sulfonamides is 1. The predicted octanol–water partition coefficient (Wildman–Crippen LogP) is 3.91. The van der Waals surface area contributed by atoms with Gasteiger partial charge in [0, 0.05) is 51.0 Å². The molecule has 0 saturated carbocycles. The number of halogens is 1. The Hall–Kier alpha value is -3.24. The predicted molar refractivity (Wildman–Crippen MR) is 143 cm³/mol. The van der Waals surface area contributed by atoms with Gasteiger partial charge in [-0.1, -0.05) is 42.5 Å². The lowest BCUT2D eigenvalue weighted by atomic mass is 9.86. The molecule has 3 aliphatic rings. The summed E-state index contributed by atoms with van der Waals surface area (Å²) in [7, 11) is -0.588. The number of likely N-dealkylation sites (N-methyl/N-ethyl adjacent to an activating group) is 2. The van der Waals surface area contributed by atoms with Crippen LogP contribution in [0.1, 0.15) is 42.1 Å². The van der Waals surface area contributed by atoms with Crippen LogP contribution in [0.4, 0.5) is 14.9 Å². The number of hydrogen-bond donors (Lipinski definition) is 0. The first-order valence-electron chi connectivity index (χ1n) is 12.9. The van der Waals surface area contributed by atoms with Crippen LogP contribution in [-0.4, -0.2) is 73.2 Å². The van der Waals surface area contributed by atoms with Crippen LogP contribution in [-0.2, 0) is 21.4 Å². The maximum absolute atomic E-state index is 15.4.